The number of benzene rings is 1. The molecule has 1 fully saturated rings. The summed E-state index contributed by atoms with van der Waals surface area (Å²) in [5, 5.41) is 10.0. The molecule has 0 saturated heterocycles. The molecule has 0 spiro atoms. The van der Waals surface area contributed by atoms with Crippen LogP contribution in [0.2, 0.25) is 0 Å². The minimum absolute atomic E-state index is 0.00556. The summed E-state index contributed by atoms with van der Waals surface area (Å²) >= 11 is 0. The van der Waals surface area contributed by atoms with Crippen molar-refractivity contribution in [1.29, 1.82) is 0 Å². The van der Waals surface area contributed by atoms with Gasteiger partial charge in [0.05, 0.1) is 17.9 Å². The highest BCUT2D eigenvalue weighted by Gasteiger charge is 2.33. The fourth-order valence-electron chi connectivity index (χ4n) is 2.84. The molecule has 0 aromatic heterocycles. The number of rotatable bonds is 4. The highest BCUT2D eigenvalue weighted by atomic mass is 32.2. The monoisotopic (exact) mass is 297 g/mol. The summed E-state index contributed by atoms with van der Waals surface area (Å²) in [5.74, 6) is -0.00556. The Kier molecular flexibility index (Phi) is 4.83. The maximum atomic E-state index is 12.5. The molecular weight excluding hydrogens is 274 g/mol. The highest BCUT2D eigenvalue weighted by molar-refractivity contribution is 7.88. The van der Waals surface area contributed by atoms with Crippen molar-refractivity contribution in [3.8, 4) is 0 Å². The number of likely N-dealkylation sites (N-methyl/N-ethyl adjacent to an activating group) is 1. The molecule has 20 heavy (non-hydrogen) atoms. The van der Waals surface area contributed by atoms with E-state index in [2.05, 4.69) is 0 Å². The lowest BCUT2D eigenvalue weighted by Crippen LogP contribution is -2.46. The van der Waals surface area contributed by atoms with Gasteiger partial charge in [0, 0.05) is 7.05 Å². The van der Waals surface area contributed by atoms with E-state index < -0.39 is 16.1 Å². The summed E-state index contributed by atoms with van der Waals surface area (Å²) in [5.41, 5.74) is 1.85. The Morgan fingerprint density at radius 2 is 2.00 bits per heavy atom. The highest BCUT2D eigenvalue weighted by Crippen LogP contribution is 2.25. The number of hydrogen-bond donors (Lipinski definition) is 1. The van der Waals surface area contributed by atoms with Crippen LogP contribution < -0.4 is 0 Å². The maximum Gasteiger partial charge on any atom is 0.218 e. The van der Waals surface area contributed by atoms with Crippen LogP contribution in [-0.2, 0) is 15.8 Å². The molecule has 2 rings (SSSR count). The Hall–Kier alpha value is -0.910. The summed E-state index contributed by atoms with van der Waals surface area (Å²) in [6.45, 7) is 1.95. The molecule has 0 unspecified atom stereocenters. The van der Waals surface area contributed by atoms with Gasteiger partial charge in [-0.15, -0.1) is 0 Å². The Morgan fingerprint density at radius 1 is 1.30 bits per heavy atom. The van der Waals surface area contributed by atoms with Gasteiger partial charge in [-0.1, -0.05) is 42.7 Å². The normalized spacial score (nSPS) is 24.0. The quantitative estimate of drug-likeness (QED) is 0.925. The van der Waals surface area contributed by atoms with Crippen LogP contribution >= 0.6 is 0 Å². The number of nitrogens with zero attached hydrogens (tertiary/aromatic N) is 1. The van der Waals surface area contributed by atoms with Gasteiger partial charge in [-0.05, 0) is 25.3 Å². The van der Waals surface area contributed by atoms with Gasteiger partial charge >= 0.3 is 0 Å². The molecule has 112 valence electrons. The van der Waals surface area contributed by atoms with Crippen LogP contribution in [0.15, 0.2) is 24.3 Å². The molecule has 0 radical (unpaired) electrons. The fraction of sp³-hybridized carbons (Fsp3) is 0.600. The van der Waals surface area contributed by atoms with Gasteiger partial charge < -0.3 is 5.11 Å². The van der Waals surface area contributed by atoms with E-state index >= 15 is 0 Å². The molecular formula is C15H23NO3S. The second-order valence-corrected chi connectivity index (χ2v) is 7.71. The smallest absolute Gasteiger partial charge is 0.218 e. The van der Waals surface area contributed by atoms with Crippen molar-refractivity contribution < 1.29 is 13.5 Å². The van der Waals surface area contributed by atoms with Crippen molar-refractivity contribution in [3.05, 3.63) is 35.4 Å². The molecule has 0 bridgehead atoms. The lowest BCUT2D eigenvalue weighted by atomic mass is 9.93. The number of aryl methyl sites for hydroxylation is 1. The van der Waals surface area contributed by atoms with Crippen molar-refractivity contribution >= 4 is 10.0 Å². The average molecular weight is 297 g/mol. The van der Waals surface area contributed by atoms with Gasteiger partial charge in [-0.3, -0.25) is 0 Å². The zero-order valence-electron chi connectivity index (χ0n) is 12.1. The summed E-state index contributed by atoms with van der Waals surface area (Å²) in [4.78, 5) is 0. The van der Waals surface area contributed by atoms with E-state index in [1.54, 1.807) is 7.05 Å². The first kappa shape index (κ1) is 15.5. The van der Waals surface area contributed by atoms with Gasteiger partial charge in [0.25, 0.3) is 0 Å². The summed E-state index contributed by atoms with van der Waals surface area (Å²) < 4.78 is 26.3. The first-order chi connectivity index (χ1) is 9.40. The number of hydrogen-bond acceptors (Lipinski definition) is 3. The second-order valence-electron chi connectivity index (χ2n) is 5.68. The zero-order chi connectivity index (χ0) is 14.8. The van der Waals surface area contributed by atoms with Crippen molar-refractivity contribution in [2.24, 2.45) is 0 Å². The number of aliphatic hydroxyl groups is 1. The van der Waals surface area contributed by atoms with Crippen LogP contribution in [0.25, 0.3) is 0 Å². The summed E-state index contributed by atoms with van der Waals surface area (Å²) in [6.07, 6.45) is 2.84. The molecule has 1 saturated carbocycles. The molecule has 0 aliphatic heterocycles. The second kappa shape index (κ2) is 6.24. The van der Waals surface area contributed by atoms with Crippen LogP contribution in [-0.4, -0.2) is 37.0 Å². The van der Waals surface area contributed by atoms with Crippen LogP contribution in [0.4, 0.5) is 0 Å². The predicted octanol–water partition coefficient (Wildman–Crippen LogP) is 2.06. The number of sulfonamides is 1. The third kappa shape index (κ3) is 3.59. The van der Waals surface area contributed by atoms with Gasteiger partial charge in [-0.2, -0.15) is 4.31 Å². The molecule has 1 aromatic carbocycles. The molecule has 1 N–H and O–H groups in total. The van der Waals surface area contributed by atoms with Crippen molar-refractivity contribution in [3.63, 3.8) is 0 Å². The minimum Gasteiger partial charge on any atom is -0.391 e. The van der Waals surface area contributed by atoms with E-state index in [9.17, 15) is 13.5 Å². The van der Waals surface area contributed by atoms with Crippen LogP contribution in [0, 0.1) is 6.92 Å². The fourth-order valence-corrected chi connectivity index (χ4v) is 4.30. The number of aliphatic hydroxyl groups excluding tert-OH is 1. The largest absolute Gasteiger partial charge is 0.391 e. The Morgan fingerprint density at radius 3 is 2.65 bits per heavy atom. The van der Waals surface area contributed by atoms with Crippen LogP contribution in [0.3, 0.4) is 0 Å². The van der Waals surface area contributed by atoms with E-state index in [1.165, 1.54) is 4.31 Å². The predicted molar refractivity (Wildman–Crippen MR) is 79.8 cm³/mol. The topological polar surface area (TPSA) is 57.6 Å². The molecule has 4 nitrogen and oxygen atoms in total. The van der Waals surface area contributed by atoms with Gasteiger partial charge in [0.15, 0.2) is 0 Å². The van der Waals surface area contributed by atoms with E-state index in [-0.39, 0.29) is 11.8 Å². The van der Waals surface area contributed by atoms with Gasteiger partial charge in [0.1, 0.15) is 0 Å². The molecule has 5 heteroatoms. The lowest BCUT2D eigenvalue weighted by molar-refractivity contribution is 0.0637. The molecule has 2 atom stereocenters. The SMILES string of the molecule is Cc1cccc(CS(=O)(=O)N(C)[C@@H]2CCCC[C@H]2O)c1. The zero-order valence-corrected chi connectivity index (χ0v) is 12.9. The third-order valence-electron chi connectivity index (χ3n) is 4.03. The van der Waals surface area contributed by atoms with Gasteiger partial charge in [0.2, 0.25) is 10.0 Å². The van der Waals surface area contributed by atoms with E-state index in [4.69, 9.17) is 0 Å². The standard InChI is InChI=1S/C15H23NO3S/c1-12-6-5-7-13(10-12)11-20(18,19)16(2)14-8-3-4-9-15(14)17/h5-7,10,14-15,17H,3-4,8-9,11H2,1-2H3/t14-,15-/m1/s1. The third-order valence-corrected chi connectivity index (χ3v) is 5.88. The molecule has 1 aliphatic rings. The lowest BCUT2D eigenvalue weighted by Gasteiger charge is -2.34. The molecule has 1 aliphatic carbocycles. The minimum atomic E-state index is -3.39. The van der Waals surface area contributed by atoms with E-state index in [1.807, 2.05) is 31.2 Å². The van der Waals surface area contributed by atoms with Gasteiger partial charge in [-0.25, -0.2) is 8.42 Å². The first-order valence-electron chi connectivity index (χ1n) is 7.09. The average Bonchev–Trinajstić information content (AvgIpc) is 2.38. The maximum absolute atomic E-state index is 12.5. The molecule has 1 aromatic rings. The van der Waals surface area contributed by atoms with E-state index in [0.717, 1.165) is 30.4 Å². The van der Waals surface area contributed by atoms with Crippen molar-refractivity contribution in [2.75, 3.05) is 7.05 Å². The molecule has 0 heterocycles. The van der Waals surface area contributed by atoms with Crippen molar-refractivity contribution in [1.82, 2.24) is 4.31 Å². The van der Waals surface area contributed by atoms with Crippen LogP contribution in [0.5, 0.6) is 0 Å². The molecule has 0 amide bonds. The Labute approximate surface area is 121 Å². The Bertz CT molecular complexity index is 556. The summed E-state index contributed by atoms with van der Waals surface area (Å²) in [7, 11) is -1.80. The summed E-state index contributed by atoms with van der Waals surface area (Å²) in [6, 6.07) is 7.26. The van der Waals surface area contributed by atoms with Crippen molar-refractivity contribution in [2.45, 2.75) is 50.5 Å². The van der Waals surface area contributed by atoms with E-state index in [0.29, 0.717) is 6.42 Å². The van der Waals surface area contributed by atoms with Crippen LogP contribution in [0.1, 0.15) is 36.8 Å². The Balaban J connectivity index is 2.13. The first-order valence-corrected chi connectivity index (χ1v) is 8.70.